The maximum absolute atomic E-state index is 14.5. The SMILES string of the molecule is COc1cc(C2C3=CCn4c(=O)n(CCc5nc6cc(OC)c(OC)cc6n(C)c5=O)c(=O)n4C3Cn3c(=O)n(CCc4nc5cc(OC)c(OC)cc5n(C)c4=O)c(=O)n32)ccc1O. The van der Waals surface area contributed by atoms with Crippen molar-refractivity contribution in [2.24, 2.45) is 14.1 Å². The van der Waals surface area contributed by atoms with Crippen LogP contribution in [0, 0.1) is 0 Å². The highest BCUT2D eigenvalue weighted by Crippen LogP contribution is 2.41. The summed E-state index contributed by atoms with van der Waals surface area (Å²) in [6.45, 7) is -0.720. The molecule has 0 amide bonds. The van der Waals surface area contributed by atoms with Crippen molar-refractivity contribution in [2.75, 3.05) is 35.5 Å². The first-order valence-corrected chi connectivity index (χ1v) is 20.4. The van der Waals surface area contributed by atoms with Gasteiger partial charge in [-0.1, -0.05) is 12.1 Å². The molecule has 3 aromatic carbocycles. The molecule has 6 heterocycles. The Balaban J connectivity index is 1.10. The van der Waals surface area contributed by atoms with E-state index >= 15 is 0 Å². The Morgan fingerprint density at radius 1 is 0.600 bits per heavy atom. The minimum atomic E-state index is -1.02. The van der Waals surface area contributed by atoms with E-state index in [9.17, 15) is 33.9 Å². The number of aromatic nitrogens is 10. The summed E-state index contributed by atoms with van der Waals surface area (Å²) in [5.74, 6) is 1.56. The molecule has 1 N–H and O–H groups in total. The van der Waals surface area contributed by atoms with Gasteiger partial charge in [0.15, 0.2) is 34.5 Å². The van der Waals surface area contributed by atoms with Crippen LogP contribution in [0.3, 0.4) is 0 Å². The monoisotopic (exact) mass is 892 g/mol. The van der Waals surface area contributed by atoms with Gasteiger partial charge in [-0.3, -0.25) is 9.59 Å². The first kappa shape index (κ1) is 42.3. The number of rotatable bonds is 12. The van der Waals surface area contributed by atoms with Gasteiger partial charge in [0, 0.05) is 64.3 Å². The van der Waals surface area contributed by atoms with E-state index < -0.39 is 46.0 Å². The van der Waals surface area contributed by atoms with Gasteiger partial charge in [0.1, 0.15) is 17.4 Å². The lowest BCUT2D eigenvalue weighted by atomic mass is 9.90. The van der Waals surface area contributed by atoms with Crippen molar-refractivity contribution >= 4 is 22.1 Å². The number of phenols is 1. The molecule has 9 rings (SSSR count). The molecule has 338 valence electrons. The zero-order valence-corrected chi connectivity index (χ0v) is 36.4. The number of aromatic hydroxyl groups is 1. The molecule has 22 heteroatoms. The molecule has 2 unspecified atom stereocenters. The van der Waals surface area contributed by atoms with Crippen LogP contribution < -0.4 is 57.6 Å². The molecule has 0 radical (unpaired) electrons. The van der Waals surface area contributed by atoms with Crippen LogP contribution in [0.25, 0.3) is 22.1 Å². The average molecular weight is 893 g/mol. The van der Waals surface area contributed by atoms with Gasteiger partial charge in [0.25, 0.3) is 11.1 Å². The highest BCUT2D eigenvalue weighted by atomic mass is 16.5. The molecule has 2 aliphatic rings. The molecule has 2 atom stereocenters. The van der Waals surface area contributed by atoms with Crippen LogP contribution in [0.5, 0.6) is 34.5 Å². The number of phenolic OH excluding ortho intramolecular Hbond substituents is 1. The number of allylic oxidation sites excluding steroid dienone is 2. The van der Waals surface area contributed by atoms with Gasteiger partial charge < -0.3 is 37.9 Å². The molecule has 0 aliphatic carbocycles. The first-order valence-electron chi connectivity index (χ1n) is 20.4. The Bertz CT molecular complexity index is 3530. The Labute approximate surface area is 366 Å². The molecular formula is C43H44N10O12. The lowest BCUT2D eigenvalue weighted by molar-refractivity contribution is 0.245. The largest absolute Gasteiger partial charge is 0.504 e. The fourth-order valence-electron chi connectivity index (χ4n) is 8.98. The number of aryl methyl sites for hydroxylation is 4. The summed E-state index contributed by atoms with van der Waals surface area (Å²) in [4.78, 5) is 93.7. The summed E-state index contributed by atoms with van der Waals surface area (Å²) in [6.07, 6.45) is 1.57. The second-order valence-corrected chi connectivity index (χ2v) is 15.6. The number of hydrogen-bond donors (Lipinski definition) is 1. The Kier molecular flexibility index (Phi) is 10.4. The topological polar surface area (TPSA) is 234 Å². The lowest BCUT2D eigenvalue weighted by Crippen LogP contribution is -2.47. The molecule has 0 spiro atoms. The second kappa shape index (κ2) is 15.9. The zero-order chi connectivity index (χ0) is 46.2. The molecule has 7 aromatic rings. The van der Waals surface area contributed by atoms with Gasteiger partial charge in [-0.15, -0.1) is 0 Å². The van der Waals surface area contributed by atoms with Crippen molar-refractivity contribution in [1.29, 1.82) is 0 Å². The maximum atomic E-state index is 14.5. The normalized spacial score (nSPS) is 15.3. The van der Waals surface area contributed by atoms with Crippen LogP contribution >= 0.6 is 0 Å². The van der Waals surface area contributed by atoms with Crippen molar-refractivity contribution in [3.05, 3.63) is 134 Å². The third-order valence-corrected chi connectivity index (χ3v) is 12.3. The summed E-state index contributed by atoms with van der Waals surface area (Å²) >= 11 is 0. The summed E-state index contributed by atoms with van der Waals surface area (Å²) in [5, 5.41) is 10.5. The van der Waals surface area contributed by atoms with Crippen molar-refractivity contribution < 1.29 is 28.8 Å². The number of benzene rings is 3. The minimum Gasteiger partial charge on any atom is -0.504 e. The summed E-state index contributed by atoms with van der Waals surface area (Å²) in [6, 6.07) is 9.09. The number of methoxy groups -OCH3 is 5. The average Bonchev–Trinajstić information content (AvgIpc) is 3.71. The van der Waals surface area contributed by atoms with Crippen LogP contribution in [-0.2, 0) is 53.1 Å². The van der Waals surface area contributed by atoms with Gasteiger partial charge >= 0.3 is 22.8 Å². The highest BCUT2D eigenvalue weighted by Gasteiger charge is 2.41. The molecule has 0 fully saturated rings. The fraction of sp³-hybridized carbons (Fsp3) is 0.349. The Morgan fingerprint density at radius 3 is 1.58 bits per heavy atom. The predicted molar refractivity (Wildman–Crippen MR) is 233 cm³/mol. The van der Waals surface area contributed by atoms with E-state index in [0.717, 1.165) is 9.13 Å². The molecule has 0 bridgehead atoms. The molecule has 0 saturated heterocycles. The fourth-order valence-corrected chi connectivity index (χ4v) is 8.98. The van der Waals surface area contributed by atoms with Gasteiger partial charge in [0.05, 0.1) is 76.7 Å². The Morgan fingerprint density at radius 2 is 1.08 bits per heavy atom. The van der Waals surface area contributed by atoms with Crippen LogP contribution in [0.2, 0.25) is 0 Å². The number of fused-ring (bicyclic) bond motifs is 6. The van der Waals surface area contributed by atoms with Gasteiger partial charge in [-0.05, 0) is 23.3 Å². The quantitative estimate of drug-likeness (QED) is 0.164. The van der Waals surface area contributed by atoms with E-state index in [1.165, 1.54) is 75.5 Å². The van der Waals surface area contributed by atoms with Crippen LogP contribution in [-0.4, -0.2) is 87.6 Å². The van der Waals surface area contributed by atoms with E-state index in [-0.39, 0.29) is 61.9 Å². The van der Waals surface area contributed by atoms with Crippen molar-refractivity contribution in [1.82, 2.24) is 47.0 Å². The molecule has 4 aromatic heterocycles. The van der Waals surface area contributed by atoms with E-state index in [4.69, 9.17) is 23.7 Å². The summed E-state index contributed by atoms with van der Waals surface area (Å²) in [5.41, 5.74) is -0.635. The summed E-state index contributed by atoms with van der Waals surface area (Å²) in [7, 11) is 10.5. The number of nitrogens with zero attached hydrogens (tertiary/aromatic N) is 10. The number of ether oxygens (including phenoxy) is 5. The van der Waals surface area contributed by atoms with Gasteiger partial charge in [0.2, 0.25) is 0 Å². The third-order valence-electron chi connectivity index (χ3n) is 12.3. The van der Waals surface area contributed by atoms with Crippen LogP contribution in [0.1, 0.15) is 29.0 Å². The van der Waals surface area contributed by atoms with Crippen molar-refractivity contribution in [2.45, 2.75) is 51.1 Å². The summed E-state index contributed by atoms with van der Waals surface area (Å²) < 4.78 is 36.9. The van der Waals surface area contributed by atoms with E-state index in [1.807, 2.05) is 0 Å². The third kappa shape index (κ3) is 6.53. The molecular weight excluding hydrogens is 849 g/mol. The Hall–Kier alpha value is -8.04. The van der Waals surface area contributed by atoms with E-state index in [1.54, 1.807) is 50.5 Å². The number of hydrogen-bond acceptors (Lipinski definition) is 14. The van der Waals surface area contributed by atoms with Gasteiger partial charge in [-0.2, -0.15) is 0 Å². The van der Waals surface area contributed by atoms with Crippen molar-refractivity contribution in [3.63, 3.8) is 0 Å². The zero-order valence-electron chi connectivity index (χ0n) is 36.4. The lowest BCUT2D eigenvalue weighted by Gasteiger charge is -2.37. The van der Waals surface area contributed by atoms with Crippen LogP contribution in [0.15, 0.2) is 82.9 Å². The molecule has 2 aliphatic heterocycles. The van der Waals surface area contributed by atoms with Crippen LogP contribution in [0.4, 0.5) is 0 Å². The molecule has 0 saturated carbocycles. The van der Waals surface area contributed by atoms with E-state index in [2.05, 4.69) is 9.97 Å². The van der Waals surface area contributed by atoms with Gasteiger partial charge in [-0.25, -0.2) is 57.0 Å². The second-order valence-electron chi connectivity index (χ2n) is 15.6. The first-order chi connectivity index (χ1) is 31.2. The standard InChI is InChI=1S/C43H44N10O12/c1-46-28-19-35(64-6)33(62-4)17-26(28)44-24(38(46)55)11-13-48-40(57)50-15-10-23-30(52(50)42(48)59)21-51-41(58)49(43(60)53(51)37(23)22-8-9-31(54)32(16-22)61-3)14-12-25-39(56)47(2)29-20-36(65-7)34(63-5)18-27(29)45-25/h8-10,16-20,30,37,54H,11-15,21H2,1-7H3. The smallest absolute Gasteiger partial charge is 0.348 e. The molecule has 65 heavy (non-hydrogen) atoms. The highest BCUT2D eigenvalue weighted by molar-refractivity contribution is 5.80. The van der Waals surface area contributed by atoms with E-state index in [0.29, 0.717) is 56.2 Å². The van der Waals surface area contributed by atoms with Crippen molar-refractivity contribution in [3.8, 4) is 34.5 Å². The maximum Gasteiger partial charge on any atom is 0.348 e. The minimum absolute atomic E-state index is 0.0660. The predicted octanol–water partition coefficient (Wildman–Crippen LogP) is 0.449. The molecule has 22 nitrogen and oxygen atoms in total.